The predicted octanol–water partition coefficient (Wildman–Crippen LogP) is 3.13. The fourth-order valence-electron chi connectivity index (χ4n) is 2.70. The number of guanidine groups is 1. The van der Waals surface area contributed by atoms with Gasteiger partial charge in [-0.05, 0) is 62.6 Å². The highest BCUT2D eigenvalue weighted by Gasteiger charge is 2.41. The van der Waals surface area contributed by atoms with E-state index in [1.807, 2.05) is 13.0 Å². The van der Waals surface area contributed by atoms with Gasteiger partial charge in [0.15, 0.2) is 5.96 Å². The highest BCUT2D eigenvalue weighted by molar-refractivity contribution is 5.79. The second kappa shape index (κ2) is 9.62. The van der Waals surface area contributed by atoms with Crippen LogP contribution in [0.25, 0.3) is 0 Å². The van der Waals surface area contributed by atoms with Crippen molar-refractivity contribution >= 4 is 5.96 Å². The summed E-state index contributed by atoms with van der Waals surface area (Å²) in [6.07, 6.45) is 4.35. The molecular formula is C19H30FN3O. The van der Waals surface area contributed by atoms with E-state index in [9.17, 15) is 4.39 Å². The van der Waals surface area contributed by atoms with Crippen molar-refractivity contribution in [1.29, 1.82) is 0 Å². The Kier molecular flexibility index (Phi) is 7.50. The molecule has 0 bridgehead atoms. The van der Waals surface area contributed by atoms with Gasteiger partial charge in [-0.1, -0.05) is 12.1 Å². The molecule has 2 N–H and O–H groups in total. The maximum Gasteiger partial charge on any atom is 0.191 e. The van der Waals surface area contributed by atoms with E-state index in [0.717, 1.165) is 57.2 Å². The van der Waals surface area contributed by atoms with Gasteiger partial charge >= 0.3 is 0 Å². The molecule has 1 aliphatic carbocycles. The number of ether oxygens (including phenoxy) is 1. The molecule has 24 heavy (non-hydrogen) atoms. The molecule has 1 aromatic rings. The van der Waals surface area contributed by atoms with Crippen LogP contribution in [0.3, 0.4) is 0 Å². The van der Waals surface area contributed by atoms with Crippen molar-refractivity contribution < 1.29 is 9.13 Å². The predicted molar refractivity (Wildman–Crippen MR) is 96.9 cm³/mol. The van der Waals surface area contributed by atoms with Gasteiger partial charge in [-0.3, -0.25) is 4.99 Å². The minimum absolute atomic E-state index is 0.182. The maximum atomic E-state index is 13.2. The van der Waals surface area contributed by atoms with Crippen LogP contribution in [-0.4, -0.2) is 38.8 Å². The number of aliphatic imine (C=N–C) groups is 1. The van der Waals surface area contributed by atoms with E-state index in [-0.39, 0.29) is 5.82 Å². The molecule has 1 aromatic carbocycles. The van der Waals surface area contributed by atoms with E-state index < -0.39 is 0 Å². The monoisotopic (exact) mass is 335 g/mol. The Bertz CT molecular complexity index is 529. The van der Waals surface area contributed by atoms with Crippen molar-refractivity contribution in [3.05, 3.63) is 35.6 Å². The molecule has 4 nitrogen and oxygen atoms in total. The Balaban J connectivity index is 1.78. The largest absolute Gasteiger partial charge is 0.382 e. The minimum atomic E-state index is -0.182. The number of benzene rings is 1. The fraction of sp³-hybridized carbons (Fsp3) is 0.632. The summed E-state index contributed by atoms with van der Waals surface area (Å²) in [5.74, 6) is 0.662. The van der Waals surface area contributed by atoms with Crippen molar-refractivity contribution in [2.45, 2.75) is 39.5 Å². The Labute approximate surface area is 144 Å². The van der Waals surface area contributed by atoms with Crippen LogP contribution in [-0.2, 0) is 11.2 Å². The number of hydrogen-bond acceptors (Lipinski definition) is 2. The van der Waals surface area contributed by atoms with E-state index in [4.69, 9.17) is 9.73 Å². The van der Waals surface area contributed by atoms with Crippen molar-refractivity contribution in [2.24, 2.45) is 10.4 Å². The molecule has 0 unspecified atom stereocenters. The number of nitrogens with zero attached hydrogens (tertiary/aromatic N) is 1. The van der Waals surface area contributed by atoms with Gasteiger partial charge in [-0.15, -0.1) is 0 Å². The van der Waals surface area contributed by atoms with Crippen LogP contribution in [0.4, 0.5) is 4.39 Å². The van der Waals surface area contributed by atoms with Crippen molar-refractivity contribution in [1.82, 2.24) is 10.6 Å². The van der Waals surface area contributed by atoms with Crippen LogP contribution in [0.2, 0.25) is 0 Å². The third-order valence-electron chi connectivity index (χ3n) is 4.45. The van der Waals surface area contributed by atoms with Gasteiger partial charge in [0.1, 0.15) is 5.82 Å². The SMILES string of the molecule is CCNC(=NCC1(CCOCC)CC1)NCCc1cccc(F)c1. The zero-order valence-electron chi connectivity index (χ0n) is 14.9. The van der Waals surface area contributed by atoms with Gasteiger partial charge in [0, 0.05) is 32.8 Å². The molecule has 0 spiro atoms. The highest BCUT2D eigenvalue weighted by Crippen LogP contribution is 2.48. The first kappa shape index (κ1) is 18.7. The average molecular weight is 335 g/mol. The third-order valence-corrected chi connectivity index (χ3v) is 4.45. The molecule has 1 fully saturated rings. The second-order valence-electron chi connectivity index (χ2n) is 6.45. The van der Waals surface area contributed by atoms with Gasteiger partial charge in [-0.25, -0.2) is 4.39 Å². The standard InChI is InChI=1S/C19H30FN3O/c1-3-21-18(22-12-8-16-6-5-7-17(20)14-16)23-15-19(9-10-19)11-13-24-4-2/h5-7,14H,3-4,8-13,15H2,1-2H3,(H2,21,22,23). The van der Waals surface area contributed by atoms with Crippen LogP contribution in [0.1, 0.15) is 38.7 Å². The van der Waals surface area contributed by atoms with Gasteiger partial charge in [0.2, 0.25) is 0 Å². The van der Waals surface area contributed by atoms with Gasteiger partial charge < -0.3 is 15.4 Å². The first-order valence-electron chi connectivity index (χ1n) is 9.02. The molecule has 0 aromatic heterocycles. The summed E-state index contributed by atoms with van der Waals surface area (Å²) in [5.41, 5.74) is 1.34. The van der Waals surface area contributed by atoms with E-state index >= 15 is 0 Å². The molecule has 0 aliphatic heterocycles. The van der Waals surface area contributed by atoms with Gasteiger partial charge in [0.25, 0.3) is 0 Å². The molecule has 1 aliphatic rings. The molecule has 0 radical (unpaired) electrons. The molecule has 0 atom stereocenters. The molecule has 5 heteroatoms. The third kappa shape index (κ3) is 6.48. The lowest BCUT2D eigenvalue weighted by molar-refractivity contribution is 0.129. The lowest BCUT2D eigenvalue weighted by Gasteiger charge is -2.15. The smallest absolute Gasteiger partial charge is 0.191 e. The number of nitrogens with one attached hydrogen (secondary N) is 2. The molecule has 1 saturated carbocycles. The summed E-state index contributed by atoms with van der Waals surface area (Å²) >= 11 is 0. The Morgan fingerprint density at radius 2 is 2.12 bits per heavy atom. The zero-order valence-corrected chi connectivity index (χ0v) is 14.9. The van der Waals surface area contributed by atoms with Crippen molar-refractivity contribution in [3.63, 3.8) is 0 Å². The maximum absolute atomic E-state index is 13.2. The van der Waals surface area contributed by atoms with Crippen LogP contribution in [0, 0.1) is 11.2 Å². The quantitative estimate of drug-likeness (QED) is 0.392. The summed E-state index contributed by atoms with van der Waals surface area (Å²) in [5, 5.41) is 6.62. The summed E-state index contributed by atoms with van der Waals surface area (Å²) in [7, 11) is 0. The van der Waals surface area contributed by atoms with E-state index in [1.165, 1.54) is 18.9 Å². The Morgan fingerprint density at radius 3 is 2.79 bits per heavy atom. The first-order valence-corrected chi connectivity index (χ1v) is 9.02. The van der Waals surface area contributed by atoms with Crippen LogP contribution >= 0.6 is 0 Å². The summed E-state index contributed by atoms with van der Waals surface area (Å²) in [6, 6.07) is 6.75. The molecular weight excluding hydrogens is 305 g/mol. The van der Waals surface area contributed by atoms with E-state index in [1.54, 1.807) is 12.1 Å². The van der Waals surface area contributed by atoms with Crippen molar-refractivity contribution in [2.75, 3.05) is 32.8 Å². The lowest BCUT2D eigenvalue weighted by Crippen LogP contribution is -2.38. The molecule has 2 rings (SSSR count). The molecule has 0 saturated heterocycles. The number of hydrogen-bond donors (Lipinski definition) is 2. The zero-order chi connectivity index (χ0) is 17.3. The number of halogens is 1. The average Bonchev–Trinajstić information content (AvgIpc) is 3.33. The van der Waals surface area contributed by atoms with E-state index in [2.05, 4.69) is 17.6 Å². The normalized spacial score (nSPS) is 16.0. The fourth-order valence-corrected chi connectivity index (χ4v) is 2.70. The summed E-state index contributed by atoms with van der Waals surface area (Å²) in [6.45, 7) is 8.11. The lowest BCUT2D eigenvalue weighted by atomic mass is 10.0. The Morgan fingerprint density at radius 1 is 1.29 bits per heavy atom. The highest BCUT2D eigenvalue weighted by atomic mass is 19.1. The van der Waals surface area contributed by atoms with Crippen molar-refractivity contribution in [3.8, 4) is 0 Å². The molecule has 0 heterocycles. The first-order chi connectivity index (χ1) is 11.7. The minimum Gasteiger partial charge on any atom is -0.382 e. The van der Waals surface area contributed by atoms with E-state index in [0.29, 0.717) is 5.41 Å². The van der Waals surface area contributed by atoms with Gasteiger partial charge in [-0.2, -0.15) is 0 Å². The molecule has 134 valence electrons. The Hall–Kier alpha value is -1.62. The van der Waals surface area contributed by atoms with Crippen LogP contribution in [0.5, 0.6) is 0 Å². The van der Waals surface area contributed by atoms with Crippen LogP contribution in [0.15, 0.2) is 29.3 Å². The summed E-state index contributed by atoms with van der Waals surface area (Å²) in [4.78, 5) is 4.74. The number of rotatable bonds is 10. The second-order valence-corrected chi connectivity index (χ2v) is 6.45. The van der Waals surface area contributed by atoms with Gasteiger partial charge in [0.05, 0.1) is 0 Å². The topological polar surface area (TPSA) is 45.7 Å². The van der Waals surface area contributed by atoms with Crippen LogP contribution < -0.4 is 10.6 Å². The molecule has 0 amide bonds. The summed E-state index contributed by atoms with van der Waals surface area (Å²) < 4.78 is 18.7.